The Bertz CT molecular complexity index is 891. The topological polar surface area (TPSA) is 56.2 Å². The Hall–Kier alpha value is -2.35. The van der Waals surface area contributed by atoms with E-state index in [-0.39, 0.29) is 12.5 Å². The zero-order chi connectivity index (χ0) is 17.8. The Kier molecular flexibility index (Phi) is 5.37. The van der Waals surface area contributed by atoms with Crippen LogP contribution in [0.3, 0.4) is 0 Å². The first kappa shape index (κ1) is 17.5. The van der Waals surface area contributed by atoms with Gasteiger partial charge in [0.05, 0.1) is 26.3 Å². The third-order valence-corrected chi connectivity index (χ3v) is 4.64. The molecular formula is C19H18IN3O2. The van der Waals surface area contributed by atoms with Crippen molar-refractivity contribution in [2.45, 2.75) is 13.8 Å². The first-order valence-electron chi connectivity index (χ1n) is 7.85. The molecule has 0 saturated carbocycles. The second-order valence-corrected chi connectivity index (χ2v) is 6.72. The maximum absolute atomic E-state index is 12.3. The summed E-state index contributed by atoms with van der Waals surface area (Å²) in [5, 5.41) is 7.43. The summed E-state index contributed by atoms with van der Waals surface area (Å²) in [7, 11) is 0. The number of halogens is 1. The molecule has 1 heterocycles. The summed E-state index contributed by atoms with van der Waals surface area (Å²) in [5.74, 6) is 0.491. The fourth-order valence-electron chi connectivity index (χ4n) is 2.52. The molecule has 0 atom stereocenters. The van der Waals surface area contributed by atoms with E-state index in [2.05, 4.69) is 33.0 Å². The molecule has 25 heavy (non-hydrogen) atoms. The summed E-state index contributed by atoms with van der Waals surface area (Å²) >= 11 is 2.18. The molecule has 1 aromatic heterocycles. The Morgan fingerprint density at radius 1 is 1.12 bits per heavy atom. The van der Waals surface area contributed by atoms with Gasteiger partial charge in [-0.2, -0.15) is 5.10 Å². The smallest absolute Gasteiger partial charge is 0.262 e. The third-order valence-electron chi connectivity index (χ3n) is 3.75. The van der Waals surface area contributed by atoms with E-state index >= 15 is 0 Å². The predicted molar refractivity (Wildman–Crippen MR) is 106 cm³/mol. The van der Waals surface area contributed by atoms with Crippen molar-refractivity contribution < 1.29 is 9.53 Å². The fraction of sp³-hybridized carbons (Fsp3) is 0.158. The van der Waals surface area contributed by atoms with Crippen LogP contribution in [0.4, 0.5) is 5.69 Å². The number of hydrogen-bond donors (Lipinski definition) is 1. The van der Waals surface area contributed by atoms with Crippen LogP contribution in [0.2, 0.25) is 0 Å². The number of nitrogens with one attached hydrogen (secondary N) is 1. The van der Waals surface area contributed by atoms with E-state index in [4.69, 9.17) is 4.74 Å². The predicted octanol–water partition coefficient (Wildman–Crippen LogP) is 4.11. The minimum Gasteiger partial charge on any atom is -0.483 e. The van der Waals surface area contributed by atoms with Gasteiger partial charge in [0, 0.05) is 0 Å². The van der Waals surface area contributed by atoms with Crippen LogP contribution >= 0.6 is 22.6 Å². The van der Waals surface area contributed by atoms with Crippen molar-refractivity contribution in [1.29, 1.82) is 0 Å². The van der Waals surface area contributed by atoms with Crippen LogP contribution in [-0.2, 0) is 4.79 Å². The van der Waals surface area contributed by atoms with Gasteiger partial charge in [-0.3, -0.25) is 4.79 Å². The molecule has 0 radical (unpaired) electrons. The molecule has 128 valence electrons. The summed E-state index contributed by atoms with van der Waals surface area (Å²) in [5.41, 5.74) is 3.33. The minimum absolute atomic E-state index is 0.0462. The molecule has 1 amide bonds. The molecule has 2 aromatic carbocycles. The Balaban J connectivity index is 1.72. The Morgan fingerprint density at radius 2 is 1.80 bits per heavy atom. The van der Waals surface area contributed by atoms with Crippen LogP contribution in [0.15, 0.2) is 54.6 Å². The van der Waals surface area contributed by atoms with E-state index in [1.165, 1.54) is 0 Å². The molecule has 0 fully saturated rings. The van der Waals surface area contributed by atoms with Crippen molar-refractivity contribution in [3.8, 4) is 11.4 Å². The van der Waals surface area contributed by atoms with E-state index < -0.39 is 0 Å². The highest BCUT2D eigenvalue weighted by molar-refractivity contribution is 14.1. The normalized spacial score (nSPS) is 10.5. The van der Waals surface area contributed by atoms with Crippen LogP contribution in [-0.4, -0.2) is 22.3 Å². The second-order valence-electron chi connectivity index (χ2n) is 5.56. The van der Waals surface area contributed by atoms with Gasteiger partial charge in [0.25, 0.3) is 5.91 Å². The molecule has 0 aliphatic rings. The largest absolute Gasteiger partial charge is 0.483 e. The lowest BCUT2D eigenvalue weighted by Crippen LogP contribution is -2.21. The lowest BCUT2D eigenvalue weighted by molar-refractivity contribution is -0.118. The van der Waals surface area contributed by atoms with E-state index in [0.29, 0.717) is 5.75 Å². The summed E-state index contributed by atoms with van der Waals surface area (Å²) in [4.78, 5) is 12.3. The second kappa shape index (κ2) is 7.69. The maximum Gasteiger partial charge on any atom is 0.262 e. The molecule has 5 nitrogen and oxygen atoms in total. The fourth-order valence-corrected chi connectivity index (χ4v) is 3.07. The van der Waals surface area contributed by atoms with E-state index in [9.17, 15) is 4.79 Å². The standard InChI is InChI=1S/C19H18IN3O2/c1-13-19(14(2)23(22-13)15-8-4-3-5-9-15)21-18(24)12-25-17-11-7-6-10-16(17)20/h3-11H,12H2,1-2H3,(H,21,24). The van der Waals surface area contributed by atoms with Crippen molar-refractivity contribution in [2.75, 3.05) is 11.9 Å². The first-order valence-corrected chi connectivity index (χ1v) is 8.93. The van der Waals surface area contributed by atoms with Gasteiger partial charge in [-0.25, -0.2) is 4.68 Å². The molecule has 0 saturated heterocycles. The van der Waals surface area contributed by atoms with E-state index in [0.717, 1.165) is 26.3 Å². The van der Waals surface area contributed by atoms with E-state index in [1.807, 2.05) is 73.1 Å². The van der Waals surface area contributed by atoms with Gasteiger partial charge in [-0.15, -0.1) is 0 Å². The SMILES string of the molecule is Cc1nn(-c2ccccc2)c(C)c1NC(=O)COc1ccccc1I. The van der Waals surface area contributed by atoms with Gasteiger partial charge in [-0.05, 0) is 60.7 Å². The van der Waals surface area contributed by atoms with Gasteiger partial charge in [0.1, 0.15) is 5.75 Å². The zero-order valence-corrected chi connectivity index (χ0v) is 16.1. The van der Waals surface area contributed by atoms with Gasteiger partial charge in [-0.1, -0.05) is 30.3 Å². The number of anilines is 1. The first-order chi connectivity index (χ1) is 12.1. The lowest BCUT2D eigenvalue weighted by atomic mass is 10.3. The number of benzene rings is 2. The number of aryl methyl sites for hydroxylation is 1. The Morgan fingerprint density at radius 3 is 2.52 bits per heavy atom. The number of carbonyl (C=O) groups is 1. The van der Waals surface area contributed by atoms with Crippen molar-refractivity contribution in [2.24, 2.45) is 0 Å². The molecule has 6 heteroatoms. The number of nitrogens with zero attached hydrogens (tertiary/aromatic N) is 2. The van der Waals surface area contributed by atoms with Gasteiger partial charge < -0.3 is 10.1 Å². The number of aromatic nitrogens is 2. The van der Waals surface area contributed by atoms with E-state index in [1.54, 1.807) is 0 Å². The molecule has 3 rings (SSSR count). The average Bonchev–Trinajstić information content (AvgIpc) is 2.90. The van der Waals surface area contributed by atoms with Gasteiger partial charge in [0.2, 0.25) is 0 Å². The number of hydrogen-bond acceptors (Lipinski definition) is 3. The number of carbonyl (C=O) groups excluding carboxylic acids is 1. The summed E-state index contributed by atoms with van der Waals surface area (Å²) in [6.07, 6.45) is 0. The monoisotopic (exact) mass is 447 g/mol. The van der Waals surface area contributed by atoms with Crippen LogP contribution in [0, 0.1) is 17.4 Å². The molecule has 1 N–H and O–H groups in total. The van der Waals surface area contributed by atoms with Crippen LogP contribution in [0.1, 0.15) is 11.4 Å². The summed E-state index contributed by atoms with van der Waals surface area (Å²) < 4.78 is 8.39. The molecule has 0 unspecified atom stereocenters. The molecular weight excluding hydrogens is 429 g/mol. The number of para-hydroxylation sites is 2. The molecule has 0 spiro atoms. The number of amides is 1. The van der Waals surface area contributed by atoms with Crippen LogP contribution < -0.4 is 10.1 Å². The highest BCUT2D eigenvalue weighted by Crippen LogP contribution is 2.23. The zero-order valence-electron chi connectivity index (χ0n) is 14.0. The third kappa shape index (κ3) is 4.01. The maximum atomic E-state index is 12.3. The Labute approximate surface area is 160 Å². The van der Waals surface area contributed by atoms with Gasteiger partial charge in [0.15, 0.2) is 6.61 Å². The molecule has 0 aliphatic carbocycles. The van der Waals surface area contributed by atoms with Crippen molar-refractivity contribution >= 4 is 34.2 Å². The number of rotatable bonds is 5. The highest BCUT2D eigenvalue weighted by atomic mass is 127. The average molecular weight is 447 g/mol. The molecule has 3 aromatic rings. The van der Waals surface area contributed by atoms with Crippen LogP contribution in [0.25, 0.3) is 5.69 Å². The molecule has 0 aliphatic heterocycles. The molecule has 0 bridgehead atoms. The van der Waals surface area contributed by atoms with Crippen LogP contribution in [0.5, 0.6) is 5.75 Å². The minimum atomic E-state index is -0.210. The number of ether oxygens (including phenoxy) is 1. The van der Waals surface area contributed by atoms with Crippen molar-refractivity contribution in [3.63, 3.8) is 0 Å². The van der Waals surface area contributed by atoms with Crippen molar-refractivity contribution in [3.05, 3.63) is 69.6 Å². The summed E-state index contributed by atoms with van der Waals surface area (Å²) in [6.45, 7) is 3.77. The van der Waals surface area contributed by atoms with Crippen molar-refractivity contribution in [1.82, 2.24) is 9.78 Å². The quantitative estimate of drug-likeness (QED) is 0.599. The highest BCUT2D eigenvalue weighted by Gasteiger charge is 2.15. The lowest BCUT2D eigenvalue weighted by Gasteiger charge is -2.09. The summed E-state index contributed by atoms with van der Waals surface area (Å²) in [6, 6.07) is 17.4. The van der Waals surface area contributed by atoms with Gasteiger partial charge >= 0.3 is 0 Å².